The molecule has 0 aliphatic rings. The van der Waals surface area contributed by atoms with Gasteiger partial charge in [0.1, 0.15) is 0 Å². The van der Waals surface area contributed by atoms with E-state index in [4.69, 9.17) is 0 Å². The molecule has 0 bridgehead atoms. The molecule has 0 amide bonds. The van der Waals surface area contributed by atoms with E-state index in [1.807, 2.05) is 36.4 Å². The number of aliphatic hydroxyl groups is 2. The van der Waals surface area contributed by atoms with E-state index in [2.05, 4.69) is 12.1 Å². The third kappa shape index (κ3) is 1.58. The Bertz CT molecular complexity index is 711. The predicted molar refractivity (Wildman–Crippen MR) is 73.3 cm³/mol. The first kappa shape index (κ1) is 11.2. The van der Waals surface area contributed by atoms with E-state index < -0.39 is 0 Å². The largest absolute Gasteiger partial charge is 0.392 e. The fourth-order valence-corrected chi connectivity index (χ4v) is 2.54. The van der Waals surface area contributed by atoms with E-state index in [1.165, 1.54) is 0 Å². The summed E-state index contributed by atoms with van der Waals surface area (Å²) in [7, 11) is 0. The summed E-state index contributed by atoms with van der Waals surface area (Å²) in [6.45, 7) is 0.0246. The van der Waals surface area contributed by atoms with Gasteiger partial charge in [-0.15, -0.1) is 0 Å². The number of aliphatic hydroxyl groups excluding tert-OH is 2. The summed E-state index contributed by atoms with van der Waals surface area (Å²) < 4.78 is 0. The molecule has 0 spiro atoms. The van der Waals surface area contributed by atoms with E-state index in [0.717, 1.165) is 32.7 Å². The molecule has 90 valence electrons. The fourth-order valence-electron chi connectivity index (χ4n) is 2.54. The molecule has 0 saturated heterocycles. The molecule has 18 heavy (non-hydrogen) atoms. The van der Waals surface area contributed by atoms with Crippen LogP contribution in [0, 0.1) is 0 Å². The molecular formula is C16H14O2. The smallest absolute Gasteiger partial charge is 0.0688 e. The number of hydrogen-bond donors (Lipinski definition) is 2. The third-order valence-electron chi connectivity index (χ3n) is 3.42. The van der Waals surface area contributed by atoms with Crippen molar-refractivity contribution in [2.75, 3.05) is 0 Å². The fraction of sp³-hybridized carbons (Fsp3) is 0.125. The van der Waals surface area contributed by atoms with Gasteiger partial charge in [0.05, 0.1) is 13.2 Å². The van der Waals surface area contributed by atoms with Crippen molar-refractivity contribution in [1.29, 1.82) is 0 Å². The van der Waals surface area contributed by atoms with E-state index in [0.29, 0.717) is 0 Å². The summed E-state index contributed by atoms with van der Waals surface area (Å²) >= 11 is 0. The summed E-state index contributed by atoms with van der Waals surface area (Å²) in [6.07, 6.45) is 0. The van der Waals surface area contributed by atoms with Crippen LogP contribution in [-0.2, 0) is 13.2 Å². The molecule has 0 aliphatic heterocycles. The minimum Gasteiger partial charge on any atom is -0.392 e. The Labute approximate surface area is 105 Å². The molecule has 3 rings (SSSR count). The molecule has 0 aliphatic carbocycles. The SMILES string of the molecule is OCc1cc2c(CO)cccc2c2ccccc12. The average Bonchev–Trinajstić information content (AvgIpc) is 2.45. The summed E-state index contributed by atoms with van der Waals surface area (Å²) in [6, 6.07) is 15.9. The number of hydrogen-bond acceptors (Lipinski definition) is 2. The molecular weight excluding hydrogens is 224 g/mol. The maximum Gasteiger partial charge on any atom is 0.0688 e. The van der Waals surface area contributed by atoms with Crippen molar-refractivity contribution in [3.8, 4) is 0 Å². The number of rotatable bonds is 2. The van der Waals surface area contributed by atoms with Gasteiger partial charge in [0, 0.05) is 0 Å². The second-order valence-electron chi connectivity index (χ2n) is 4.41. The Morgan fingerprint density at radius 3 is 1.94 bits per heavy atom. The number of fused-ring (bicyclic) bond motifs is 3. The van der Waals surface area contributed by atoms with Crippen LogP contribution < -0.4 is 0 Å². The Kier molecular flexibility index (Phi) is 2.74. The minimum atomic E-state index is 0.0101. The highest BCUT2D eigenvalue weighted by Gasteiger charge is 2.07. The van der Waals surface area contributed by atoms with Crippen LogP contribution >= 0.6 is 0 Å². The van der Waals surface area contributed by atoms with Crippen LogP contribution in [0.1, 0.15) is 11.1 Å². The van der Waals surface area contributed by atoms with Crippen molar-refractivity contribution in [2.45, 2.75) is 13.2 Å². The molecule has 0 fully saturated rings. The summed E-state index contributed by atoms with van der Waals surface area (Å²) in [5, 5.41) is 23.2. The van der Waals surface area contributed by atoms with Gasteiger partial charge in [0.2, 0.25) is 0 Å². The van der Waals surface area contributed by atoms with Gasteiger partial charge < -0.3 is 10.2 Å². The van der Waals surface area contributed by atoms with Gasteiger partial charge >= 0.3 is 0 Å². The molecule has 3 aromatic carbocycles. The highest BCUT2D eigenvalue weighted by atomic mass is 16.3. The van der Waals surface area contributed by atoms with Gasteiger partial charge in [-0.2, -0.15) is 0 Å². The monoisotopic (exact) mass is 238 g/mol. The van der Waals surface area contributed by atoms with Crippen LogP contribution in [0.3, 0.4) is 0 Å². The molecule has 2 nitrogen and oxygen atoms in total. The molecule has 0 atom stereocenters. The summed E-state index contributed by atoms with van der Waals surface area (Å²) in [5.74, 6) is 0. The highest BCUT2D eigenvalue weighted by Crippen LogP contribution is 2.30. The molecule has 2 heteroatoms. The first-order chi connectivity index (χ1) is 8.85. The quantitative estimate of drug-likeness (QED) is 0.674. The molecule has 0 aromatic heterocycles. The highest BCUT2D eigenvalue weighted by molar-refractivity contribution is 6.09. The zero-order valence-corrected chi connectivity index (χ0v) is 9.93. The second-order valence-corrected chi connectivity index (χ2v) is 4.41. The third-order valence-corrected chi connectivity index (χ3v) is 3.42. The normalized spacial score (nSPS) is 11.2. The topological polar surface area (TPSA) is 40.5 Å². The van der Waals surface area contributed by atoms with Crippen molar-refractivity contribution >= 4 is 21.5 Å². The second kappa shape index (κ2) is 4.41. The molecule has 0 unspecified atom stereocenters. The minimum absolute atomic E-state index is 0.0101. The van der Waals surface area contributed by atoms with Gasteiger partial charge in [-0.05, 0) is 38.7 Å². The van der Waals surface area contributed by atoms with Crippen molar-refractivity contribution in [3.63, 3.8) is 0 Å². The molecule has 0 heterocycles. The van der Waals surface area contributed by atoms with Gasteiger partial charge in [-0.3, -0.25) is 0 Å². The Balaban J connectivity index is 2.54. The average molecular weight is 238 g/mol. The lowest BCUT2D eigenvalue weighted by molar-refractivity contribution is 0.282. The van der Waals surface area contributed by atoms with Gasteiger partial charge in [0.15, 0.2) is 0 Å². The number of benzene rings is 3. The lowest BCUT2D eigenvalue weighted by Crippen LogP contribution is -1.91. The Hall–Kier alpha value is -1.90. The first-order valence-corrected chi connectivity index (χ1v) is 5.99. The van der Waals surface area contributed by atoms with Gasteiger partial charge in [0.25, 0.3) is 0 Å². The Morgan fingerprint density at radius 2 is 1.22 bits per heavy atom. The van der Waals surface area contributed by atoms with Crippen LogP contribution in [0.15, 0.2) is 48.5 Å². The zero-order chi connectivity index (χ0) is 12.5. The van der Waals surface area contributed by atoms with E-state index in [-0.39, 0.29) is 13.2 Å². The predicted octanol–water partition coefficient (Wildman–Crippen LogP) is 2.98. The molecule has 3 aromatic rings. The standard InChI is InChI=1S/C16H14O2/c17-9-11-4-3-7-15-14-6-2-1-5-13(14)12(10-18)8-16(11)15/h1-8,17-18H,9-10H2. The molecule has 2 N–H and O–H groups in total. The van der Waals surface area contributed by atoms with Crippen LogP contribution in [0.25, 0.3) is 21.5 Å². The van der Waals surface area contributed by atoms with Crippen LogP contribution in [0.5, 0.6) is 0 Å². The van der Waals surface area contributed by atoms with Crippen LogP contribution in [-0.4, -0.2) is 10.2 Å². The first-order valence-electron chi connectivity index (χ1n) is 5.99. The van der Waals surface area contributed by atoms with Crippen LogP contribution in [0.2, 0.25) is 0 Å². The van der Waals surface area contributed by atoms with Crippen LogP contribution in [0.4, 0.5) is 0 Å². The van der Waals surface area contributed by atoms with Crippen molar-refractivity contribution in [3.05, 3.63) is 59.7 Å². The maximum absolute atomic E-state index is 9.50. The van der Waals surface area contributed by atoms with E-state index >= 15 is 0 Å². The zero-order valence-electron chi connectivity index (χ0n) is 9.93. The van der Waals surface area contributed by atoms with Gasteiger partial charge in [-0.1, -0.05) is 42.5 Å². The Morgan fingerprint density at radius 1 is 0.611 bits per heavy atom. The van der Waals surface area contributed by atoms with E-state index in [1.54, 1.807) is 0 Å². The van der Waals surface area contributed by atoms with Gasteiger partial charge in [-0.25, -0.2) is 0 Å². The van der Waals surface area contributed by atoms with Crippen molar-refractivity contribution in [1.82, 2.24) is 0 Å². The van der Waals surface area contributed by atoms with E-state index in [9.17, 15) is 10.2 Å². The lowest BCUT2D eigenvalue weighted by atomic mass is 9.95. The molecule has 0 radical (unpaired) electrons. The maximum atomic E-state index is 9.50. The summed E-state index contributed by atoms with van der Waals surface area (Å²) in [5.41, 5.74) is 1.80. The summed E-state index contributed by atoms with van der Waals surface area (Å²) in [4.78, 5) is 0. The van der Waals surface area contributed by atoms with Crippen molar-refractivity contribution in [2.24, 2.45) is 0 Å². The lowest BCUT2D eigenvalue weighted by Gasteiger charge is -2.11. The molecule has 0 saturated carbocycles. The van der Waals surface area contributed by atoms with Crippen molar-refractivity contribution < 1.29 is 10.2 Å².